The molecule has 3 rings (SSSR count). The molecule has 5 atom stereocenters. The quantitative estimate of drug-likeness (QED) is 0.873. The highest BCUT2D eigenvalue weighted by Gasteiger charge is 2.58. The van der Waals surface area contributed by atoms with Crippen LogP contribution in [0.25, 0.3) is 0 Å². The minimum atomic E-state index is -0.958. The normalized spacial score (nSPS) is 36.3. The van der Waals surface area contributed by atoms with Gasteiger partial charge in [-0.3, -0.25) is 9.59 Å². The van der Waals surface area contributed by atoms with Crippen LogP contribution >= 0.6 is 0 Å². The van der Waals surface area contributed by atoms with E-state index < -0.39 is 23.8 Å². The molecule has 2 bridgehead atoms. The number of rotatable bonds is 3. The molecule has 2 fully saturated rings. The lowest BCUT2D eigenvalue weighted by molar-refractivity contribution is -0.156. The van der Waals surface area contributed by atoms with Crippen molar-refractivity contribution >= 4 is 11.9 Å². The van der Waals surface area contributed by atoms with Crippen LogP contribution in [0.1, 0.15) is 24.3 Å². The minimum absolute atomic E-state index is 0.00815. The molecule has 0 aromatic heterocycles. The monoisotopic (exact) mass is 260 g/mol. The summed E-state index contributed by atoms with van der Waals surface area (Å²) in [5.41, 5.74) is 1.14. The van der Waals surface area contributed by atoms with E-state index in [0.29, 0.717) is 0 Å². The van der Waals surface area contributed by atoms with Gasteiger partial charge in [0.05, 0.1) is 11.8 Å². The Morgan fingerprint density at radius 2 is 1.58 bits per heavy atom. The molecular formula is C15H16O4. The number of fused-ring (bicyclic) bond motifs is 2. The second kappa shape index (κ2) is 4.37. The van der Waals surface area contributed by atoms with Crippen molar-refractivity contribution < 1.29 is 19.8 Å². The molecule has 0 unspecified atom stereocenters. The molecule has 4 heteroatoms. The molecule has 2 saturated carbocycles. The average molecular weight is 260 g/mol. The van der Waals surface area contributed by atoms with Crippen LogP contribution < -0.4 is 0 Å². The fraction of sp³-hybridized carbons (Fsp3) is 0.467. The third kappa shape index (κ3) is 1.82. The molecule has 0 saturated heterocycles. The summed E-state index contributed by atoms with van der Waals surface area (Å²) in [6.45, 7) is 0. The summed E-state index contributed by atoms with van der Waals surface area (Å²) in [4.78, 5) is 22.7. The summed E-state index contributed by atoms with van der Waals surface area (Å²) >= 11 is 0. The number of carboxylic acids is 2. The van der Waals surface area contributed by atoms with Gasteiger partial charge in [-0.1, -0.05) is 30.3 Å². The van der Waals surface area contributed by atoms with Gasteiger partial charge in [-0.25, -0.2) is 0 Å². The Labute approximate surface area is 111 Å². The number of benzene rings is 1. The van der Waals surface area contributed by atoms with Crippen molar-refractivity contribution in [3.63, 3.8) is 0 Å². The summed E-state index contributed by atoms with van der Waals surface area (Å²) < 4.78 is 0. The smallest absolute Gasteiger partial charge is 0.307 e. The summed E-state index contributed by atoms with van der Waals surface area (Å²) in [7, 11) is 0. The van der Waals surface area contributed by atoms with Gasteiger partial charge in [-0.15, -0.1) is 0 Å². The topological polar surface area (TPSA) is 74.6 Å². The van der Waals surface area contributed by atoms with E-state index in [1.165, 1.54) is 0 Å². The fourth-order valence-corrected chi connectivity index (χ4v) is 4.14. The van der Waals surface area contributed by atoms with Crippen LogP contribution in [-0.4, -0.2) is 22.2 Å². The Hall–Kier alpha value is -1.84. The van der Waals surface area contributed by atoms with Crippen LogP contribution in [0.15, 0.2) is 30.3 Å². The summed E-state index contributed by atoms with van der Waals surface area (Å²) in [5, 5.41) is 18.6. The zero-order valence-corrected chi connectivity index (χ0v) is 10.4. The van der Waals surface area contributed by atoms with E-state index in [1.807, 2.05) is 30.3 Å². The molecule has 1 aromatic rings. The van der Waals surface area contributed by atoms with Crippen molar-refractivity contribution in [1.29, 1.82) is 0 Å². The Bertz CT molecular complexity index is 510. The molecule has 0 aliphatic heterocycles. The summed E-state index contributed by atoms with van der Waals surface area (Å²) in [6, 6.07) is 9.86. The molecule has 2 aliphatic carbocycles. The maximum Gasteiger partial charge on any atom is 0.307 e. The molecule has 4 nitrogen and oxygen atoms in total. The lowest BCUT2D eigenvalue weighted by atomic mass is 9.71. The molecule has 2 aliphatic rings. The van der Waals surface area contributed by atoms with Crippen LogP contribution in [0.4, 0.5) is 0 Å². The number of aliphatic carboxylic acids is 2. The van der Waals surface area contributed by atoms with E-state index in [9.17, 15) is 19.8 Å². The molecule has 0 amide bonds. The second-order valence-corrected chi connectivity index (χ2v) is 5.64. The third-order valence-electron chi connectivity index (χ3n) is 4.80. The zero-order chi connectivity index (χ0) is 13.6. The van der Waals surface area contributed by atoms with Gasteiger partial charge in [0.2, 0.25) is 0 Å². The first kappa shape index (κ1) is 12.2. The van der Waals surface area contributed by atoms with E-state index in [4.69, 9.17) is 0 Å². The van der Waals surface area contributed by atoms with Crippen LogP contribution in [0.3, 0.4) is 0 Å². The van der Waals surface area contributed by atoms with E-state index in [0.717, 1.165) is 18.4 Å². The fourth-order valence-electron chi connectivity index (χ4n) is 4.14. The molecule has 0 radical (unpaired) electrons. The highest BCUT2D eigenvalue weighted by atomic mass is 16.4. The lowest BCUT2D eigenvalue weighted by Gasteiger charge is -2.31. The molecule has 2 N–H and O–H groups in total. The number of hydrogen-bond donors (Lipinski definition) is 2. The zero-order valence-electron chi connectivity index (χ0n) is 10.4. The largest absolute Gasteiger partial charge is 0.481 e. The number of carboxylic acid groups (broad SMARTS) is 2. The Morgan fingerprint density at radius 3 is 2.16 bits per heavy atom. The predicted octanol–water partition coefficient (Wildman–Crippen LogP) is 2.21. The highest BCUT2D eigenvalue weighted by molar-refractivity contribution is 5.82. The third-order valence-corrected chi connectivity index (χ3v) is 4.80. The van der Waals surface area contributed by atoms with Crippen molar-refractivity contribution in [3.8, 4) is 0 Å². The van der Waals surface area contributed by atoms with E-state index in [1.54, 1.807) is 0 Å². The van der Waals surface area contributed by atoms with Gasteiger partial charge in [0.25, 0.3) is 0 Å². The Kier molecular flexibility index (Phi) is 2.81. The van der Waals surface area contributed by atoms with Crippen LogP contribution in [0.2, 0.25) is 0 Å². The van der Waals surface area contributed by atoms with Crippen LogP contribution in [0, 0.1) is 23.7 Å². The van der Waals surface area contributed by atoms with Crippen LogP contribution in [0.5, 0.6) is 0 Å². The highest BCUT2D eigenvalue weighted by Crippen LogP contribution is 2.58. The summed E-state index contributed by atoms with van der Waals surface area (Å²) in [5.74, 6) is -3.18. The van der Waals surface area contributed by atoms with E-state index in [-0.39, 0.29) is 17.8 Å². The maximum absolute atomic E-state index is 11.4. The SMILES string of the molecule is O=C(O)[C@@H]1[C@@H]2C[C@H]([C@@H]1C(=O)O)[C@@H](c1ccccc1)C2. The first-order chi connectivity index (χ1) is 9.09. The molecule has 0 spiro atoms. The average Bonchev–Trinajstić information content (AvgIpc) is 2.96. The van der Waals surface area contributed by atoms with Crippen LogP contribution in [-0.2, 0) is 9.59 Å². The van der Waals surface area contributed by atoms with Gasteiger partial charge in [0.1, 0.15) is 0 Å². The van der Waals surface area contributed by atoms with Crippen molar-refractivity contribution in [2.45, 2.75) is 18.8 Å². The first-order valence-corrected chi connectivity index (χ1v) is 6.60. The Balaban J connectivity index is 1.92. The molecular weight excluding hydrogens is 244 g/mol. The molecule has 19 heavy (non-hydrogen) atoms. The van der Waals surface area contributed by atoms with Gasteiger partial charge in [0.15, 0.2) is 0 Å². The number of carbonyl (C=O) groups is 2. The second-order valence-electron chi connectivity index (χ2n) is 5.64. The predicted molar refractivity (Wildman–Crippen MR) is 67.6 cm³/mol. The van der Waals surface area contributed by atoms with Crippen molar-refractivity contribution in [2.24, 2.45) is 23.7 Å². The standard InChI is InChI=1S/C15H16O4/c16-14(17)12-9-6-10(8-4-2-1-3-5-8)11(7-9)13(12)15(18)19/h1-5,9-13H,6-7H2,(H,16,17)(H,18,19)/t9-,10+,11-,12+,13-/m0/s1. The van der Waals surface area contributed by atoms with E-state index in [2.05, 4.69) is 0 Å². The van der Waals surface area contributed by atoms with Gasteiger partial charge >= 0.3 is 11.9 Å². The van der Waals surface area contributed by atoms with Gasteiger partial charge in [0, 0.05) is 0 Å². The van der Waals surface area contributed by atoms with Crippen molar-refractivity contribution in [3.05, 3.63) is 35.9 Å². The lowest BCUT2D eigenvalue weighted by Crippen LogP contribution is -2.37. The van der Waals surface area contributed by atoms with Crippen molar-refractivity contribution in [1.82, 2.24) is 0 Å². The molecule has 100 valence electrons. The minimum Gasteiger partial charge on any atom is -0.481 e. The van der Waals surface area contributed by atoms with Gasteiger partial charge in [-0.2, -0.15) is 0 Å². The van der Waals surface area contributed by atoms with Crippen molar-refractivity contribution in [2.75, 3.05) is 0 Å². The first-order valence-electron chi connectivity index (χ1n) is 6.60. The summed E-state index contributed by atoms with van der Waals surface area (Å²) in [6.07, 6.45) is 1.53. The van der Waals surface area contributed by atoms with Gasteiger partial charge < -0.3 is 10.2 Å². The van der Waals surface area contributed by atoms with E-state index >= 15 is 0 Å². The maximum atomic E-state index is 11.4. The molecule has 1 aromatic carbocycles. The Morgan fingerprint density at radius 1 is 0.947 bits per heavy atom. The van der Waals surface area contributed by atoms with Gasteiger partial charge in [-0.05, 0) is 36.2 Å². The number of hydrogen-bond acceptors (Lipinski definition) is 2. The molecule has 0 heterocycles.